The molecule has 150 valence electrons. The van der Waals surface area contributed by atoms with Gasteiger partial charge in [-0.15, -0.1) is 11.8 Å². The van der Waals surface area contributed by atoms with Crippen molar-refractivity contribution in [3.63, 3.8) is 0 Å². The maximum Gasteiger partial charge on any atom is 0.232 e. The van der Waals surface area contributed by atoms with E-state index in [-0.39, 0.29) is 23.6 Å². The molecular formula is C19H29N3O4S. The van der Waals surface area contributed by atoms with E-state index >= 15 is 0 Å². The van der Waals surface area contributed by atoms with Gasteiger partial charge in [-0.2, -0.15) is 0 Å². The molecule has 7 nitrogen and oxygen atoms in total. The van der Waals surface area contributed by atoms with Crippen LogP contribution in [0, 0.1) is 0 Å². The smallest absolute Gasteiger partial charge is 0.232 e. The number of methoxy groups -OCH3 is 1. The van der Waals surface area contributed by atoms with Crippen molar-refractivity contribution < 1.29 is 19.1 Å². The van der Waals surface area contributed by atoms with Crippen molar-refractivity contribution >= 4 is 23.6 Å². The normalized spacial score (nSPS) is 15.5. The number of rotatable bonds is 9. The fourth-order valence-electron chi connectivity index (χ4n) is 2.82. The molecule has 0 aliphatic carbocycles. The van der Waals surface area contributed by atoms with Gasteiger partial charge < -0.3 is 24.6 Å². The van der Waals surface area contributed by atoms with Gasteiger partial charge in [-0.3, -0.25) is 9.59 Å². The van der Waals surface area contributed by atoms with E-state index in [4.69, 9.17) is 9.47 Å². The van der Waals surface area contributed by atoms with Gasteiger partial charge in [0.25, 0.3) is 0 Å². The second kappa shape index (κ2) is 11.2. The second-order valence-corrected chi connectivity index (χ2v) is 7.53. The number of carbonyl (C=O) groups is 2. The number of hydrogen-bond donors (Lipinski definition) is 1. The molecule has 0 aromatic heterocycles. The van der Waals surface area contributed by atoms with Crippen molar-refractivity contribution in [2.24, 2.45) is 0 Å². The van der Waals surface area contributed by atoms with E-state index in [0.717, 1.165) is 11.3 Å². The van der Waals surface area contributed by atoms with Gasteiger partial charge in [-0.25, -0.2) is 0 Å². The van der Waals surface area contributed by atoms with Crippen LogP contribution in [-0.4, -0.2) is 87.2 Å². The summed E-state index contributed by atoms with van der Waals surface area (Å²) in [6.07, 6.45) is 0. The van der Waals surface area contributed by atoms with Gasteiger partial charge in [0.1, 0.15) is 5.75 Å². The SMILES string of the molecule is COc1ccc(C(CNC(=O)CSCC(=O)N2CCOCC2)N(C)C)cc1. The number of nitrogens with one attached hydrogen (secondary N) is 1. The average Bonchev–Trinajstić information content (AvgIpc) is 2.69. The van der Waals surface area contributed by atoms with Crippen LogP contribution in [0.1, 0.15) is 11.6 Å². The fourth-order valence-corrected chi connectivity index (χ4v) is 3.57. The molecular weight excluding hydrogens is 366 g/mol. The second-order valence-electron chi connectivity index (χ2n) is 6.54. The number of nitrogens with zero attached hydrogens (tertiary/aromatic N) is 2. The van der Waals surface area contributed by atoms with Crippen molar-refractivity contribution in [2.45, 2.75) is 6.04 Å². The number of benzene rings is 1. The number of likely N-dealkylation sites (N-methyl/N-ethyl adjacent to an activating group) is 1. The van der Waals surface area contributed by atoms with Gasteiger partial charge >= 0.3 is 0 Å². The number of ether oxygens (including phenoxy) is 2. The molecule has 0 radical (unpaired) electrons. The summed E-state index contributed by atoms with van der Waals surface area (Å²) < 4.78 is 10.4. The maximum absolute atomic E-state index is 12.1. The lowest BCUT2D eigenvalue weighted by molar-refractivity contribution is -0.132. The molecule has 27 heavy (non-hydrogen) atoms. The highest BCUT2D eigenvalue weighted by atomic mass is 32.2. The summed E-state index contributed by atoms with van der Waals surface area (Å²) in [4.78, 5) is 28.1. The lowest BCUT2D eigenvalue weighted by Crippen LogP contribution is -2.41. The third-order valence-electron chi connectivity index (χ3n) is 4.44. The van der Waals surface area contributed by atoms with Crippen molar-refractivity contribution in [3.8, 4) is 5.75 Å². The first-order valence-corrected chi connectivity index (χ1v) is 10.2. The van der Waals surface area contributed by atoms with Crippen molar-refractivity contribution in [3.05, 3.63) is 29.8 Å². The Morgan fingerprint density at radius 3 is 2.48 bits per heavy atom. The van der Waals surface area contributed by atoms with Crippen molar-refractivity contribution in [2.75, 3.05) is 65.6 Å². The molecule has 1 aromatic carbocycles. The molecule has 2 rings (SSSR count). The lowest BCUT2D eigenvalue weighted by atomic mass is 10.1. The van der Waals surface area contributed by atoms with E-state index < -0.39 is 0 Å². The first kappa shape index (κ1) is 21.5. The number of morpholine rings is 1. The minimum Gasteiger partial charge on any atom is -0.497 e. The highest BCUT2D eigenvalue weighted by Crippen LogP contribution is 2.20. The summed E-state index contributed by atoms with van der Waals surface area (Å²) in [5.74, 6) is 1.42. The van der Waals surface area contributed by atoms with Crippen LogP contribution >= 0.6 is 11.8 Å². The Morgan fingerprint density at radius 1 is 1.22 bits per heavy atom. The third kappa shape index (κ3) is 7.04. The average molecular weight is 396 g/mol. The summed E-state index contributed by atoms with van der Waals surface area (Å²) in [6.45, 7) is 2.97. The minimum absolute atomic E-state index is 0.0601. The van der Waals surface area contributed by atoms with Crippen molar-refractivity contribution in [1.29, 1.82) is 0 Å². The van der Waals surface area contributed by atoms with Gasteiger partial charge in [0, 0.05) is 19.6 Å². The Kier molecular flexibility index (Phi) is 8.90. The Morgan fingerprint density at radius 2 is 1.89 bits per heavy atom. The first-order valence-electron chi connectivity index (χ1n) is 9.01. The highest BCUT2D eigenvalue weighted by molar-refractivity contribution is 8.00. The molecule has 1 heterocycles. The Balaban J connectivity index is 1.74. The molecule has 8 heteroatoms. The van der Waals surface area contributed by atoms with Gasteiger partial charge in [0.05, 0.1) is 37.9 Å². The number of hydrogen-bond acceptors (Lipinski definition) is 6. The van der Waals surface area contributed by atoms with Gasteiger partial charge in [-0.05, 0) is 31.8 Å². The van der Waals surface area contributed by atoms with Crippen LogP contribution in [0.5, 0.6) is 5.75 Å². The zero-order valence-corrected chi connectivity index (χ0v) is 17.1. The van der Waals surface area contributed by atoms with Crippen LogP contribution in [0.15, 0.2) is 24.3 Å². The summed E-state index contributed by atoms with van der Waals surface area (Å²) in [5.41, 5.74) is 1.11. The topological polar surface area (TPSA) is 71.1 Å². The number of amides is 2. The highest BCUT2D eigenvalue weighted by Gasteiger charge is 2.18. The summed E-state index contributed by atoms with van der Waals surface area (Å²) >= 11 is 1.35. The van der Waals surface area contributed by atoms with Crippen LogP contribution in [-0.2, 0) is 14.3 Å². The summed E-state index contributed by atoms with van der Waals surface area (Å²) in [5, 5.41) is 2.97. The van der Waals surface area contributed by atoms with Crippen LogP contribution in [0.3, 0.4) is 0 Å². The fraction of sp³-hybridized carbons (Fsp3) is 0.579. The molecule has 1 unspecified atom stereocenters. The van der Waals surface area contributed by atoms with Crippen LogP contribution in [0.4, 0.5) is 0 Å². The number of carbonyl (C=O) groups excluding carboxylic acids is 2. The zero-order chi connectivity index (χ0) is 19.6. The molecule has 1 N–H and O–H groups in total. The summed E-state index contributed by atoms with van der Waals surface area (Å²) in [6, 6.07) is 7.91. The van der Waals surface area contributed by atoms with E-state index in [1.54, 1.807) is 12.0 Å². The van der Waals surface area contributed by atoms with Gasteiger partial charge in [0.2, 0.25) is 11.8 Å². The Bertz CT molecular complexity index is 603. The monoisotopic (exact) mass is 395 g/mol. The quantitative estimate of drug-likeness (QED) is 0.673. The van der Waals surface area contributed by atoms with E-state index in [1.807, 2.05) is 38.4 Å². The minimum atomic E-state index is -0.0601. The van der Waals surface area contributed by atoms with E-state index in [0.29, 0.717) is 38.6 Å². The van der Waals surface area contributed by atoms with Crippen LogP contribution in [0.2, 0.25) is 0 Å². The summed E-state index contributed by atoms with van der Waals surface area (Å²) in [7, 11) is 5.60. The Labute approximate surface area is 165 Å². The standard InChI is InChI=1S/C19H29N3O4S/c1-21(2)17(15-4-6-16(25-3)7-5-15)12-20-18(23)13-27-14-19(24)22-8-10-26-11-9-22/h4-7,17H,8-14H2,1-3H3,(H,20,23). The van der Waals surface area contributed by atoms with E-state index in [2.05, 4.69) is 10.2 Å². The molecule has 1 aliphatic heterocycles. The molecule has 0 spiro atoms. The van der Waals surface area contributed by atoms with Crippen LogP contribution in [0.25, 0.3) is 0 Å². The molecule has 1 saturated heterocycles. The zero-order valence-electron chi connectivity index (χ0n) is 16.3. The molecule has 0 bridgehead atoms. The third-order valence-corrected chi connectivity index (χ3v) is 5.36. The Hall–Kier alpha value is -1.77. The molecule has 1 fully saturated rings. The lowest BCUT2D eigenvalue weighted by Gasteiger charge is -2.26. The molecule has 1 aliphatic rings. The van der Waals surface area contributed by atoms with E-state index in [1.165, 1.54) is 11.8 Å². The molecule has 0 saturated carbocycles. The maximum atomic E-state index is 12.1. The largest absolute Gasteiger partial charge is 0.497 e. The predicted molar refractivity (Wildman–Crippen MR) is 107 cm³/mol. The van der Waals surface area contributed by atoms with Gasteiger partial charge in [-0.1, -0.05) is 12.1 Å². The molecule has 1 aromatic rings. The van der Waals surface area contributed by atoms with Crippen LogP contribution < -0.4 is 10.1 Å². The number of thioether (sulfide) groups is 1. The van der Waals surface area contributed by atoms with E-state index in [9.17, 15) is 9.59 Å². The first-order chi connectivity index (χ1) is 13.0. The molecule has 1 atom stereocenters. The predicted octanol–water partition coefficient (Wildman–Crippen LogP) is 1.01. The van der Waals surface area contributed by atoms with Crippen molar-refractivity contribution in [1.82, 2.24) is 15.1 Å². The molecule has 2 amide bonds. The van der Waals surface area contributed by atoms with Gasteiger partial charge in [0.15, 0.2) is 0 Å².